The number of hydrogen-bond acceptors (Lipinski definition) is 2. The van der Waals surface area contributed by atoms with E-state index >= 15 is 0 Å². The van der Waals surface area contributed by atoms with Crippen LogP contribution in [0.1, 0.15) is 50.9 Å². The highest BCUT2D eigenvalue weighted by Gasteiger charge is 2.09. The Morgan fingerprint density at radius 2 is 1.71 bits per heavy atom. The monoisotopic (exact) mass is 230 g/mol. The normalized spacial score (nSPS) is 11.6. The van der Waals surface area contributed by atoms with Gasteiger partial charge in [0.2, 0.25) is 0 Å². The van der Waals surface area contributed by atoms with Gasteiger partial charge in [-0.15, -0.1) is 0 Å². The molecule has 17 heavy (non-hydrogen) atoms. The lowest BCUT2D eigenvalue weighted by atomic mass is 10.0. The highest BCUT2D eigenvalue weighted by atomic mass is 16.3. The SMILES string of the molecule is CC(C)c1ccc2oc(C(C)C)cc(=O)c2c1. The summed E-state index contributed by atoms with van der Waals surface area (Å²) < 4.78 is 5.74. The number of fused-ring (bicyclic) bond motifs is 1. The number of rotatable bonds is 2. The maximum Gasteiger partial charge on any atom is 0.192 e. The highest BCUT2D eigenvalue weighted by Crippen LogP contribution is 2.22. The van der Waals surface area contributed by atoms with Crippen LogP contribution in [0.4, 0.5) is 0 Å². The molecule has 0 aliphatic carbocycles. The van der Waals surface area contributed by atoms with Gasteiger partial charge in [-0.1, -0.05) is 33.8 Å². The summed E-state index contributed by atoms with van der Waals surface area (Å²) in [5.41, 5.74) is 1.91. The molecular weight excluding hydrogens is 212 g/mol. The molecule has 0 saturated heterocycles. The van der Waals surface area contributed by atoms with E-state index in [2.05, 4.69) is 13.8 Å². The Morgan fingerprint density at radius 1 is 1.00 bits per heavy atom. The largest absolute Gasteiger partial charge is 0.461 e. The van der Waals surface area contributed by atoms with E-state index in [-0.39, 0.29) is 11.3 Å². The third-order valence-corrected chi connectivity index (χ3v) is 3.01. The van der Waals surface area contributed by atoms with Crippen molar-refractivity contribution < 1.29 is 4.42 Å². The van der Waals surface area contributed by atoms with Gasteiger partial charge in [0, 0.05) is 12.0 Å². The van der Waals surface area contributed by atoms with Crippen molar-refractivity contribution in [2.45, 2.75) is 39.5 Å². The van der Waals surface area contributed by atoms with Crippen molar-refractivity contribution in [3.8, 4) is 0 Å². The Hall–Kier alpha value is -1.57. The van der Waals surface area contributed by atoms with Crippen LogP contribution in [0, 0.1) is 0 Å². The molecule has 1 heterocycles. The van der Waals surface area contributed by atoms with Crippen LogP contribution in [-0.2, 0) is 0 Å². The first-order chi connectivity index (χ1) is 7.99. The van der Waals surface area contributed by atoms with Crippen molar-refractivity contribution in [1.82, 2.24) is 0 Å². The molecule has 0 amide bonds. The topological polar surface area (TPSA) is 30.2 Å². The molecule has 0 saturated carbocycles. The van der Waals surface area contributed by atoms with Gasteiger partial charge in [-0.05, 0) is 23.6 Å². The van der Waals surface area contributed by atoms with Crippen LogP contribution in [0.15, 0.2) is 33.5 Å². The molecule has 2 nitrogen and oxygen atoms in total. The lowest BCUT2D eigenvalue weighted by Gasteiger charge is -2.08. The van der Waals surface area contributed by atoms with Crippen LogP contribution in [0.25, 0.3) is 11.0 Å². The Bertz CT molecular complexity index is 591. The Labute approximate surface area is 101 Å². The van der Waals surface area contributed by atoms with Gasteiger partial charge in [-0.2, -0.15) is 0 Å². The fourth-order valence-corrected chi connectivity index (χ4v) is 1.84. The average Bonchev–Trinajstić information content (AvgIpc) is 2.28. The summed E-state index contributed by atoms with van der Waals surface area (Å²) in [6, 6.07) is 7.48. The summed E-state index contributed by atoms with van der Waals surface area (Å²) in [5, 5.41) is 0.681. The molecule has 2 rings (SSSR count). The van der Waals surface area contributed by atoms with Crippen LogP contribution < -0.4 is 5.43 Å². The molecule has 0 aliphatic heterocycles. The Balaban J connectivity index is 2.69. The molecule has 0 aliphatic rings. The predicted molar refractivity (Wildman–Crippen MR) is 70.7 cm³/mol. The standard InChI is InChI=1S/C15H18O2/c1-9(2)11-5-6-14-12(7-11)13(16)8-15(17-14)10(3)4/h5-10H,1-4H3. The third kappa shape index (κ3) is 2.26. The molecule has 90 valence electrons. The molecule has 1 aromatic heterocycles. The minimum Gasteiger partial charge on any atom is -0.461 e. The summed E-state index contributed by atoms with van der Waals surface area (Å²) in [6.07, 6.45) is 0. The van der Waals surface area contributed by atoms with E-state index in [1.807, 2.05) is 32.0 Å². The van der Waals surface area contributed by atoms with Crippen LogP contribution in [0.5, 0.6) is 0 Å². The molecule has 2 heteroatoms. The quantitative estimate of drug-likeness (QED) is 0.779. The van der Waals surface area contributed by atoms with Crippen LogP contribution in [0.2, 0.25) is 0 Å². The first kappa shape index (κ1) is 11.9. The Morgan fingerprint density at radius 3 is 2.29 bits per heavy atom. The second-order valence-electron chi connectivity index (χ2n) is 5.08. The zero-order chi connectivity index (χ0) is 12.6. The summed E-state index contributed by atoms with van der Waals surface area (Å²) in [6.45, 7) is 8.27. The smallest absolute Gasteiger partial charge is 0.192 e. The molecule has 2 aromatic rings. The second kappa shape index (κ2) is 4.36. The maximum atomic E-state index is 12.0. The molecular formula is C15H18O2. The lowest BCUT2D eigenvalue weighted by molar-refractivity contribution is 0.509. The molecule has 0 radical (unpaired) electrons. The first-order valence-electron chi connectivity index (χ1n) is 6.06. The molecule has 0 atom stereocenters. The van der Waals surface area contributed by atoms with Gasteiger partial charge in [0.1, 0.15) is 11.3 Å². The second-order valence-corrected chi connectivity index (χ2v) is 5.08. The summed E-state index contributed by atoms with van der Waals surface area (Å²) in [4.78, 5) is 12.0. The molecule has 0 N–H and O–H groups in total. The van der Waals surface area contributed by atoms with Crippen LogP contribution >= 0.6 is 0 Å². The molecule has 0 bridgehead atoms. The van der Waals surface area contributed by atoms with Crippen LogP contribution in [-0.4, -0.2) is 0 Å². The average molecular weight is 230 g/mol. The minimum atomic E-state index is 0.0532. The molecule has 0 spiro atoms. The van der Waals surface area contributed by atoms with Gasteiger partial charge in [0.25, 0.3) is 0 Å². The van der Waals surface area contributed by atoms with E-state index in [0.717, 1.165) is 5.76 Å². The summed E-state index contributed by atoms with van der Waals surface area (Å²) >= 11 is 0. The van der Waals surface area contributed by atoms with Gasteiger partial charge in [0.05, 0.1) is 5.39 Å². The van der Waals surface area contributed by atoms with Gasteiger partial charge in [-0.25, -0.2) is 0 Å². The van der Waals surface area contributed by atoms with E-state index in [4.69, 9.17) is 4.42 Å². The van der Waals surface area contributed by atoms with Gasteiger partial charge in [0.15, 0.2) is 5.43 Å². The van der Waals surface area contributed by atoms with Crippen molar-refractivity contribution in [2.24, 2.45) is 0 Å². The van der Waals surface area contributed by atoms with E-state index < -0.39 is 0 Å². The van der Waals surface area contributed by atoms with Gasteiger partial charge >= 0.3 is 0 Å². The summed E-state index contributed by atoms with van der Waals surface area (Å²) in [5.74, 6) is 1.40. The van der Waals surface area contributed by atoms with E-state index in [0.29, 0.717) is 16.9 Å². The first-order valence-corrected chi connectivity index (χ1v) is 6.06. The van der Waals surface area contributed by atoms with Crippen molar-refractivity contribution in [3.63, 3.8) is 0 Å². The van der Waals surface area contributed by atoms with Crippen molar-refractivity contribution in [1.29, 1.82) is 0 Å². The molecule has 0 unspecified atom stereocenters. The zero-order valence-electron chi connectivity index (χ0n) is 10.8. The minimum absolute atomic E-state index is 0.0532. The van der Waals surface area contributed by atoms with Crippen molar-refractivity contribution in [3.05, 3.63) is 45.8 Å². The van der Waals surface area contributed by atoms with E-state index in [1.54, 1.807) is 6.07 Å². The highest BCUT2D eigenvalue weighted by molar-refractivity contribution is 5.77. The number of hydrogen-bond donors (Lipinski definition) is 0. The van der Waals surface area contributed by atoms with Gasteiger partial charge in [-0.3, -0.25) is 4.79 Å². The Kier molecular flexibility index (Phi) is 3.05. The van der Waals surface area contributed by atoms with Crippen LogP contribution in [0.3, 0.4) is 0 Å². The number of benzene rings is 1. The fraction of sp³-hybridized carbons (Fsp3) is 0.400. The third-order valence-electron chi connectivity index (χ3n) is 3.01. The lowest BCUT2D eigenvalue weighted by Crippen LogP contribution is -2.04. The predicted octanol–water partition coefficient (Wildman–Crippen LogP) is 4.04. The zero-order valence-corrected chi connectivity index (χ0v) is 10.8. The molecule has 1 aromatic carbocycles. The maximum absolute atomic E-state index is 12.0. The van der Waals surface area contributed by atoms with E-state index in [1.165, 1.54) is 5.56 Å². The summed E-state index contributed by atoms with van der Waals surface area (Å²) in [7, 11) is 0. The fourth-order valence-electron chi connectivity index (χ4n) is 1.84. The van der Waals surface area contributed by atoms with Crippen molar-refractivity contribution >= 4 is 11.0 Å². The van der Waals surface area contributed by atoms with E-state index in [9.17, 15) is 4.79 Å². The van der Waals surface area contributed by atoms with Crippen molar-refractivity contribution in [2.75, 3.05) is 0 Å². The van der Waals surface area contributed by atoms with Gasteiger partial charge < -0.3 is 4.42 Å². The molecule has 0 fully saturated rings.